The van der Waals surface area contributed by atoms with Gasteiger partial charge in [-0.1, -0.05) is 29.3 Å². The first kappa shape index (κ1) is 15.0. The molecule has 1 N–H and O–H groups in total. The number of halogens is 1. The van der Waals surface area contributed by atoms with Gasteiger partial charge in [-0.2, -0.15) is 0 Å². The van der Waals surface area contributed by atoms with Crippen molar-refractivity contribution >= 4 is 27.8 Å². The summed E-state index contributed by atoms with van der Waals surface area (Å²) in [5.74, 6) is -0.545. The minimum Gasteiger partial charge on any atom is -0.478 e. The molecule has 5 heteroatoms. The number of rotatable bonds is 3. The highest BCUT2D eigenvalue weighted by Gasteiger charge is 2.24. The quantitative estimate of drug-likeness (QED) is 0.917. The van der Waals surface area contributed by atoms with Crippen LogP contribution in [0.3, 0.4) is 0 Å². The molecule has 1 atom stereocenters. The summed E-state index contributed by atoms with van der Waals surface area (Å²) in [6.07, 6.45) is 3.26. The van der Waals surface area contributed by atoms with Crippen LogP contribution in [-0.4, -0.2) is 35.0 Å². The second-order valence-electron chi connectivity index (χ2n) is 5.20. The van der Waals surface area contributed by atoms with Crippen LogP contribution in [0.1, 0.15) is 46.9 Å². The molecule has 1 aliphatic rings. The summed E-state index contributed by atoms with van der Waals surface area (Å²) < 4.78 is 0.616. The van der Waals surface area contributed by atoms with Gasteiger partial charge in [0.05, 0.1) is 5.56 Å². The lowest BCUT2D eigenvalue weighted by Gasteiger charge is -2.32. The molecule has 20 heavy (non-hydrogen) atoms. The van der Waals surface area contributed by atoms with Gasteiger partial charge >= 0.3 is 5.97 Å². The van der Waals surface area contributed by atoms with Crippen LogP contribution < -0.4 is 0 Å². The molecule has 1 amide bonds. The molecule has 0 aromatic heterocycles. The van der Waals surface area contributed by atoms with E-state index >= 15 is 0 Å². The van der Waals surface area contributed by atoms with Crippen molar-refractivity contribution < 1.29 is 14.7 Å². The molecule has 1 unspecified atom stereocenters. The smallest absolute Gasteiger partial charge is 0.335 e. The van der Waals surface area contributed by atoms with E-state index < -0.39 is 5.97 Å². The van der Waals surface area contributed by atoms with Crippen molar-refractivity contribution in [1.29, 1.82) is 0 Å². The van der Waals surface area contributed by atoms with Gasteiger partial charge in [-0.25, -0.2) is 4.79 Å². The fraction of sp³-hybridized carbons (Fsp3) is 0.467. The van der Waals surface area contributed by atoms with Gasteiger partial charge in [-0.05, 0) is 37.0 Å². The number of carbonyl (C=O) groups is 2. The Morgan fingerprint density at radius 3 is 2.70 bits per heavy atom. The van der Waals surface area contributed by atoms with Crippen molar-refractivity contribution in [2.45, 2.75) is 26.2 Å². The Morgan fingerprint density at radius 2 is 2.05 bits per heavy atom. The van der Waals surface area contributed by atoms with Gasteiger partial charge in [-0.3, -0.25) is 4.79 Å². The molecule has 0 saturated carbocycles. The molecule has 0 aliphatic carbocycles. The van der Waals surface area contributed by atoms with Crippen molar-refractivity contribution in [3.05, 3.63) is 33.8 Å². The lowest BCUT2D eigenvalue weighted by Crippen LogP contribution is -2.39. The summed E-state index contributed by atoms with van der Waals surface area (Å²) in [5.41, 5.74) is 0.570. The summed E-state index contributed by atoms with van der Waals surface area (Å²) in [7, 11) is 0. The van der Waals surface area contributed by atoms with Crippen LogP contribution in [0.25, 0.3) is 0 Å². The zero-order valence-corrected chi connectivity index (χ0v) is 13.0. The highest BCUT2D eigenvalue weighted by atomic mass is 79.9. The number of carboxylic acid groups (broad SMARTS) is 1. The monoisotopic (exact) mass is 339 g/mol. The van der Waals surface area contributed by atoms with Crippen molar-refractivity contribution in [2.24, 2.45) is 5.92 Å². The number of amides is 1. The van der Waals surface area contributed by atoms with Crippen LogP contribution >= 0.6 is 15.9 Å². The van der Waals surface area contributed by atoms with Crippen molar-refractivity contribution in [3.8, 4) is 0 Å². The number of carboxylic acids is 1. The molecule has 0 radical (unpaired) electrons. The number of hydrogen-bond acceptors (Lipinski definition) is 2. The van der Waals surface area contributed by atoms with Crippen molar-refractivity contribution in [2.75, 3.05) is 13.1 Å². The number of hydrogen-bond donors (Lipinski definition) is 1. The normalized spacial score (nSPS) is 18.9. The van der Waals surface area contributed by atoms with Gasteiger partial charge in [0, 0.05) is 23.1 Å². The zero-order valence-electron chi connectivity index (χ0n) is 11.4. The first-order valence-electron chi connectivity index (χ1n) is 6.84. The number of benzene rings is 1. The third-order valence-electron chi connectivity index (χ3n) is 3.78. The van der Waals surface area contributed by atoms with Gasteiger partial charge in [0.1, 0.15) is 0 Å². The van der Waals surface area contributed by atoms with Gasteiger partial charge in [-0.15, -0.1) is 0 Å². The van der Waals surface area contributed by atoms with Gasteiger partial charge in [0.15, 0.2) is 0 Å². The van der Waals surface area contributed by atoms with Crippen molar-refractivity contribution in [1.82, 2.24) is 4.90 Å². The minimum absolute atomic E-state index is 0.0769. The first-order chi connectivity index (χ1) is 9.51. The van der Waals surface area contributed by atoms with E-state index in [1.807, 2.05) is 4.90 Å². The minimum atomic E-state index is -1.02. The van der Waals surface area contributed by atoms with Crippen LogP contribution in [0.15, 0.2) is 22.7 Å². The summed E-state index contributed by atoms with van der Waals surface area (Å²) in [6.45, 7) is 3.66. The maximum absolute atomic E-state index is 12.5. The molecule has 1 fully saturated rings. The third kappa shape index (κ3) is 3.39. The Bertz CT molecular complexity index is 530. The Kier molecular flexibility index (Phi) is 4.81. The zero-order chi connectivity index (χ0) is 14.7. The molecule has 1 saturated heterocycles. The fourth-order valence-corrected chi connectivity index (χ4v) is 3.10. The summed E-state index contributed by atoms with van der Waals surface area (Å²) in [6, 6.07) is 4.64. The van der Waals surface area contributed by atoms with E-state index in [0.717, 1.165) is 25.9 Å². The lowest BCUT2D eigenvalue weighted by atomic mass is 9.95. The third-order valence-corrected chi connectivity index (χ3v) is 4.23. The Labute approximate surface area is 126 Å². The summed E-state index contributed by atoms with van der Waals surface area (Å²) in [4.78, 5) is 25.4. The second kappa shape index (κ2) is 6.39. The van der Waals surface area contributed by atoms with E-state index in [4.69, 9.17) is 5.11 Å². The predicted molar refractivity (Wildman–Crippen MR) is 80.0 cm³/mol. The highest BCUT2D eigenvalue weighted by Crippen LogP contribution is 2.23. The van der Waals surface area contributed by atoms with Crippen LogP contribution in [0.4, 0.5) is 0 Å². The molecular weight excluding hydrogens is 322 g/mol. The summed E-state index contributed by atoms with van der Waals surface area (Å²) >= 11 is 3.27. The first-order valence-corrected chi connectivity index (χ1v) is 7.63. The predicted octanol–water partition coefficient (Wildman–Crippen LogP) is 3.41. The van der Waals surface area contributed by atoms with Crippen molar-refractivity contribution in [3.63, 3.8) is 0 Å². The SMILES string of the molecule is CCC1CCCN(C(=O)c2cc(Br)cc(C(=O)O)c2)C1. The van der Waals surface area contributed by atoms with E-state index in [1.165, 1.54) is 18.6 Å². The topological polar surface area (TPSA) is 57.6 Å². The van der Waals surface area contributed by atoms with Crippen LogP contribution in [-0.2, 0) is 0 Å². The van der Waals surface area contributed by atoms with E-state index in [-0.39, 0.29) is 11.5 Å². The van der Waals surface area contributed by atoms with Gasteiger partial charge in [0.25, 0.3) is 5.91 Å². The number of aromatic carboxylic acids is 1. The van der Waals surface area contributed by atoms with Gasteiger partial charge < -0.3 is 10.0 Å². The molecule has 2 rings (SSSR count). The number of nitrogens with zero attached hydrogens (tertiary/aromatic N) is 1. The number of likely N-dealkylation sites (tertiary alicyclic amines) is 1. The Hall–Kier alpha value is -1.36. The van der Waals surface area contributed by atoms with Gasteiger partial charge in [0.2, 0.25) is 0 Å². The molecule has 0 spiro atoms. The molecule has 1 aliphatic heterocycles. The maximum Gasteiger partial charge on any atom is 0.335 e. The number of piperidine rings is 1. The van der Waals surface area contributed by atoms with E-state index in [9.17, 15) is 9.59 Å². The lowest BCUT2D eigenvalue weighted by molar-refractivity contribution is 0.0671. The average Bonchev–Trinajstić information content (AvgIpc) is 2.45. The molecular formula is C15H18BrNO3. The van der Waals surface area contributed by atoms with Crippen LogP contribution in [0.2, 0.25) is 0 Å². The van der Waals surface area contributed by atoms with Crippen LogP contribution in [0.5, 0.6) is 0 Å². The van der Waals surface area contributed by atoms with E-state index in [1.54, 1.807) is 6.07 Å². The highest BCUT2D eigenvalue weighted by molar-refractivity contribution is 9.10. The maximum atomic E-state index is 12.5. The molecule has 108 valence electrons. The molecule has 4 nitrogen and oxygen atoms in total. The second-order valence-corrected chi connectivity index (χ2v) is 6.12. The standard InChI is InChI=1S/C15H18BrNO3/c1-2-10-4-3-5-17(9-10)14(18)11-6-12(15(19)20)8-13(16)7-11/h6-8,10H,2-5,9H2,1H3,(H,19,20). The van der Waals surface area contributed by atoms with E-state index in [0.29, 0.717) is 16.0 Å². The molecule has 1 aromatic carbocycles. The molecule has 1 heterocycles. The Balaban J connectivity index is 2.22. The largest absolute Gasteiger partial charge is 0.478 e. The molecule has 0 bridgehead atoms. The van der Waals surface area contributed by atoms with E-state index in [2.05, 4.69) is 22.9 Å². The number of carbonyl (C=O) groups excluding carboxylic acids is 1. The fourth-order valence-electron chi connectivity index (χ4n) is 2.60. The average molecular weight is 340 g/mol. The molecule has 1 aromatic rings. The van der Waals surface area contributed by atoms with Crippen LogP contribution in [0, 0.1) is 5.92 Å². The Morgan fingerprint density at radius 1 is 1.35 bits per heavy atom. The summed E-state index contributed by atoms with van der Waals surface area (Å²) in [5, 5.41) is 9.06.